The molecule has 0 amide bonds. The van der Waals surface area contributed by atoms with E-state index in [2.05, 4.69) is 5.10 Å². The van der Waals surface area contributed by atoms with Crippen molar-refractivity contribution < 1.29 is 0 Å². The largest absolute Gasteiger partial charge is 0.399 e. The summed E-state index contributed by atoms with van der Waals surface area (Å²) < 4.78 is 0. The van der Waals surface area contributed by atoms with Crippen LogP contribution in [0.2, 0.25) is 0 Å². The van der Waals surface area contributed by atoms with E-state index in [0.717, 1.165) is 11.3 Å². The van der Waals surface area contributed by atoms with E-state index in [1.807, 2.05) is 18.2 Å². The molecule has 0 aliphatic heterocycles. The van der Waals surface area contributed by atoms with Gasteiger partial charge in [-0.3, -0.25) is 0 Å². The Bertz CT molecular complexity index is 242. The number of benzene rings is 1. The van der Waals surface area contributed by atoms with Gasteiger partial charge in [0.1, 0.15) is 0 Å². The summed E-state index contributed by atoms with van der Waals surface area (Å²) >= 11 is 0. The molecule has 0 fully saturated rings. The molecule has 1 aromatic carbocycles. The van der Waals surface area contributed by atoms with Crippen molar-refractivity contribution in [3.8, 4) is 0 Å². The monoisotopic (exact) mass is 135 g/mol. The maximum Gasteiger partial charge on any atom is 0.0538 e. The molecule has 0 bridgehead atoms. The second-order valence-electron chi connectivity index (χ2n) is 1.95. The first-order chi connectivity index (χ1) is 4.83. The lowest BCUT2D eigenvalue weighted by molar-refractivity contribution is 1.26. The Balaban J connectivity index is 2.95. The van der Waals surface area contributed by atoms with E-state index in [-0.39, 0.29) is 0 Å². The van der Waals surface area contributed by atoms with Gasteiger partial charge in [0.2, 0.25) is 0 Å². The minimum absolute atomic E-state index is 0.720. The number of anilines is 1. The Morgan fingerprint density at radius 2 is 2.20 bits per heavy atom. The topological polar surface area (TPSA) is 64.4 Å². The number of rotatable bonds is 1. The van der Waals surface area contributed by atoms with Gasteiger partial charge in [0, 0.05) is 5.69 Å². The molecule has 0 heterocycles. The smallest absolute Gasteiger partial charge is 0.0538 e. The molecule has 52 valence electrons. The summed E-state index contributed by atoms with van der Waals surface area (Å²) in [5.74, 6) is 4.94. The summed E-state index contributed by atoms with van der Waals surface area (Å²) in [7, 11) is 0. The minimum Gasteiger partial charge on any atom is -0.399 e. The average molecular weight is 135 g/mol. The summed E-state index contributed by atoms with van der Waals surface area (Å²) in [6, 6.07) is 7.35. The first-order valence-corrected chi connectivity index (χ1v) is 2.92. The zero-order valence-electron chi connectivity index (χ0n) is 5.49. The molecule has 3 nitrogen and oxygen atoms in total. The third kappa shape index (κ3) is 1.48. The highest BCUT2D eigenvalue weighted by Gasteiger charge is 1.86. The molecule has 0 saturated heterocycles. The molecular weight excluding hydrogens is 126 g/mol. The van der Waals surface area contributed by atoms with E-state index in [4.69, 9.17) is 11.6 Å². The third-order valence-corrected chi connectivity index (χ3v) is 1.13. The van der Waals surface area contributed by atoms with E-state index in [1.165, 1.54) is 0 Å². The summed E-state index contributed by atoms with van der Waals surface area (Å²) in [5.41, 5.74) is 7.13. The molecule has 0 aromatic heterocycles. The fourth-order valence-corrected chi connectivity index (χ4v) is 0.725. The number of hydrazone groups is 1. The first-order valence-electron chi connectivity index (χ1n) is 2.92. The quantitative estimate of drug-likeness (QED) is 0.256. The lowest BCUT2D eigenvalue weighted by Gasteiger charge is -1.92. The van der Waals surface area contributed by atoms with Crippen LogP contribution < -0.4 is 11.6 Å². The SMILES string of the molecule is NN=Cc1cccc(N)c1. The van der Waals surface area contributed by atoms with Crippen molar-refractivity contribution >= 4 is 11.9 Å². The van der Waals surface area contributed by atoms with Crippen LogP contribution in [0.25, 0.3) is 0 Å². The van der Waals surface area contributed by atoms with E-state index in [1.54, 1.807) is 12.3 Å². The minimum atomic E-state index is 0.720. The molecule has 0 spiro atoms. The van der Waals surface area contributed by atoms with Gasteiger partial charge < -0.3 is 11.6 Å². The van der Waals surface area contributed by atoms with Gasteiger partial charge in [-0.15, -0.1) is 0 Å². The molecule has 3 heteroatoms. The number of nitrogen functional groups attached to an aromatic ring is 1. The zero-order chi connectivity index (χ0) is 7.40. The van der Waals surface area contributed by atoms with Gasteiger partial charge >= 0.3 is 0 Å². The maximum atomic E-state index is 5.49. The molecule has 4 N–H and O–H groups in total. The highest BCUT2D eigenvalue weighted by molar-refractivity contribution is 5.80. The Kier molecular flexibility index (Phi) is 1.89. The third-order valence-electron chi connectivity index (χ3n) is 1.13. The summed E-state index contributed by atoms with van der Waals surface area (Å²) in [5, 5.41) is 3.37. The van der Waals surface area contributed by atoms with Crippen LogP contribution in [0.5, 0.6) is 0 Å². The van der Waals surface area contributed by atoms with Gasteiger partial charge in [0.05, 0.1) is 6.21 Å². The fraction of sp³-hybridized carbons (Fsp3) is 0. The van der Waals surface area contributed by atoms with Crippen LogP contribution in [0, 0.1) is 0 Å². The zero-order valence-corrected chi connectivity index (χ0v) is 5.49. The van der Waals surface area contributed by atoms with E-state index in [9.17, 15) is 0 Å². The first kappa shape index (κ1) is 6.61. The van der Waals surface area contributed by atoms with Crippen molar-refractivity contribution in [1.82, 2.24) is 0 Å². The summed E-state index contributed by atoms with van der Waals surface area (Å²) in [4.78, 5) is 0. The molecule has 0 aliphatic rings. The van der Waals surface area contributed by atoms with Crippen LogP contribution in [-0.4, -0.2) is 6.21 Å². The van der Waals surface area contributed by atoms with Gasteiger partial charge in [-0.2, -0.15) is 5.10 Å². The summed E-state index contributed by atoms with van der Waals surface area (Å²) in [6.45, 7) is 0. The van der Waals surface area contributed by atoms with Gasteiger partial charge in [0.25, 0.3) is 0 Å². The van der Waals surface area contributed by atoms with Crippen LogP contribution in [0.4, 0.5) is 5.69 Å². The van der Waals surface area contributed by atoms with Crippen molar-refractivity contribution in [3.05, 3.63) is 29.8 Å². The average Bonchev–Trinajstić information content (AvgIpc) is 1.88. The number of nitrogens with two attached hydrogens (primary N) is 2. The standard InChI is InChI=1S/C7H9N3/c8-7-3-1-2-6(4-7)5-10-9/h1-5H,8-9H2. The Hall–Kier alpha value is -1.51. The maximum absolute atomic E-state index is 5.49. The molecule has 1 rings (SSSR count). The lowest BCUT2D eigenvalue weighted by Crippen LogP contribution is -1.89. The normalized spacial score (nSPS) is 10.4. The summed E-state index contributed by atoms with van der Waals surface area (Å²) in [6.07, 6.45) is 1.55. The molecule has 0 radical (unpaired) electrons. The number of hydrogen-bond acceptors (Lipinski definition) is 3. The van der Waals surface area contributed by atoms with E-state index < -0.39 is 0 Å². The number of hydrogen-bond donors (Lipinski definition) is 2. The molecule has 10 heavy (non-hydrogen) atoms. The molecular formula is C7H9N3. The molecule has 0 saturated carbocycles. The highest BCUT2D eigenvalue weighted by Crippen LogP contribution is 2.03. The van der Waals surface area contributed by atoms with Crippen molar-refractivity contribution in [3.63, 3.8) is 0 Å². The Labute approximate surface area is 59.3 Å². The van der Waals surface area contributed by atoms with Crippen LogP contribution in [0.1, 0.15) is 5.56 Å². The van der Waals surface area contributed by atoms with Gasteiger partial charge in [-0.1, -0.05) is 12.1 Å². The Morgan fingerprint density at radius 1 is 1.40 bits per heavy atom. The second kappa shape index (κ2) is 2.87. The molecule has 1 aromatic rings. The van der Waals surface area contributed by atoms with Crippen molar-refractivity contribution in [2.75, 3.05) is 5.73 Å². The van der Waals surface area contributed by atoms with Gasteiger partial charge in [0.15, 0.2) is 0 Å². The fourth-order valence-electron chi connectivity index (χ4n) is 0.725. The molecule has 0 atom stereocenters. The van der Waals surface area contributed by atoms with Crippen molar-refractivity contribution in [2.24, 2.45) is 10.9 Å². The van der Waals surface area contributed by atoms with Crippen LogP contribution in [0.15, 0.2) is 29.4 Å². The van der Waals surface area contributed by atoms with Crippen LogP contribution in [0.3, 0.4) is 0 Å². The second-order valence-corrected chi connectivity index (χ2v) is 1.95. The molecule has 0 aliphatic carbocycles. The van der Waals surface area contributed by atoms with Gasteiger partial charge in [-0.05, 0) is 17.7 Å². The number of nitrogens with zero attached hydrogens (tertiary/aromatic N) is 1. The van der Waals surface area contributed by atoms with Crippen LogP contribution >= 0.6 is 0 Å². The molecule has 0 unspecified atom stereocenters. The van der Waals surface area contributed by atoms with Gasteiger partial charge in [-0.25, -0.2) is 0 Å². The predicted octanol–water partition coefficient (Wildman–Crippen LogP) is 0.561. The van der Waals surface area contributed by atoms with Crippen molar-refractivity contribution in [2.45, 2.75) is 0 Å². The van der Waals surface area contributed by atoms with Crippen molar-refractivity contribution in [1.29, 1.82) is 0 Å². The lowest BCUT2D eigenvalue weighted by atomic mass is 10.2. The van der Waals surface area contributed by atoms with Crippen LogP contribution in [-0.2, 0) is 0 Å². The van der Waals surface area contributed by atoms with E-state index in [0.29, 0.717) is 0 Å². The Morgan fingerprint density at radius 3 is 2.80 bits per heavy atom. The van der Waals surface area contributed by atoms with E-state index >= 15 is 0 Å². The highest BCUT2D eigenvalue weighted by atomic mass is 15.1. The predicted molar refractivity (Wildman–Crippen MR) is 42.6 cm³/mol.